The average molecular weight is 660 g/mol. The van der Waals surface area contributed by atoms with Crippen molar-refractivity contribution in [3.05, 3.63) is 135 Å². The number of non-ortho nitro benzene ring substituents is 1. The van der Waals surface area contributed by atoms with Gasteiger partial charge in [-0.2, -0.15) is 0 Å². The molecule has 11 heteroatoms. The van der Waals surface area contributed by atoms with Crippen molar-refractivity contribution in [1.29, 1.82) is 0 Å². The molecule has 0 aromatic heterocycles. The largest absolute Gasteiger partial charge is 0.325 e. The maximum atomic E-state index is 13.4. The van der Waals surface area contributed by atoms with Crippen LogP contribution in [0.15, 0.2) is 118 Å². The third-order valence-electron chi connectivity index (χ3n) is 6.07. The van der Waals surface area contributed by atoms with Crippen LogP contribution in [0.1, 0.15) is 29.3 Å². The number of hydrogen-bond acceptors (Lipinski definition) is 6. The van der Waals surface area contributed by atoms with E-state index in [1.807, 2.05) is 37.3 Å². The molecule has 0 bridgehead atoms. The van der Waals surface area contributed by atoms with Gasteiger partial charge in [0.1, 0.15) is 5.70 Å². The van der Waals surface area contributed by atoms with E-state index >= 15 is 0 Å². The fourth-order valence-electron chi connectivity index (χ4n) is 3.93. The maximum absolute atomic E-state index is 13.4. The van der Waals surface area contributed by atoms with Gasteiger partial charge < -0.3 is 16.0 Å². The molecule has 218 valence electrons. The van der Waals surface area contributed by atoms with Crippen molar-refractivity contribution in [3.63, 3.8) is 0 Å². The summed E-state index contributed by atoms with van der Waals surface area (Å²) in [4.78, 5) is 50.4. The summed E-state index contributed by atoms with van der Waals surface area (Å²) in [6.45, 7) is 1.88. The first kappa shape index (κ1) is 31.2. The van der Waals surface area contributed by atoms with Gasteiger partial charge in [0.05, 0.1) is 10.2 Å². The summed E-state index contributed by atoms with van der Waals surface area (Å²) < 4.78 is 0.822. The van der Waals surface area contributed by atoms with E-state index in [1.54, 1.807) is 54.6 Å². The van der Waals surface area contributed by atoms with Gasteiger partial charge in [-0.05, 0) is 72.7 Å². The van der Waals surface area contributed by atoms with Crippen molar-refractivity contribution in [2.24, 2.45) is 0 Å². The summed E-state index contributed by atoms with van der Waals surface area (Å²) in [6.07, 6.45) is 2.11. The molecule has 0 saturated heterocycles. The van der Waals surface area contributed by atoms with Crippen LogP contribution in [0.4, 0.5) is 17.1 Å². The number of nitro benzene ring substituents is 1. The number of anilines is 2. The molecule has 4 aromatic rings. The minimum atomic E-state index is -0.519. The van der Waals surface area contributed by atoms with Crippen LogP contribution < -0.4 is 16.0 Å². The van der Waals surface area contributed by atoms with E-state index in [-0.39, 0.29) is 17.3 Å². The first-order valence-corrected chi connectivity index (χ1v) is 14.9. The average Bonchev–Trinajstić information content (AvgIpc) is 3.00. The van der Waals surface area contributed by atoms with Crippen LogP contribution in [0.25, 0.3) is 6.08 Å². The number of amides is 3. The predicted octanol–water partition coefficient (Wildman–Crippen LogP) is 7.28. The Hall–Kier alpha value is -4.74. The Labute approximate surface area is 261 Å². The Morgan fingerprint density at radius 1 is 0.884 bits per heavy atom. The summed E-state index contributed by atoms with van der Waals surface area (Å²) >= 11 is 4.75. The van der Waals surface area contributed by atoms with Crippen LogP contribution >= 0.6 is 27.7 Å². The molecule has 43 heavy (non-hydrogen) atoms. The van der Waals surface area contributed by atoms with E-state index in [1.165, 1.54) is 36.0 Å². The van der Waals surface area contributed by atoms with E-state index < -0.39 is 22.0 Å². The lowest BCUT2D eigenvalue weighted by Crippen LogP contribution is -2.30. The number of rotatable bonds is 11. The molecule has 0 spiro atoms. The van der Waals surface area contributed by atoms with Gasteiger partial charge in [-0.15, -0.1) is 11.8 Å². The number of benzene rings is 4. The summed E-state index contributed by atoms with van der Waals surface area (Å²) in [5, 5.41) is 18.8. The highest BCUT2D eigenvalue weighted by Crippen LogP contribution is 2.29. The van der Waals surface area contributed by atoms with Gasteiger partial charge in [0.2, 0.25) is 5.91 Å². The highest BCUT2D eigenvalue weighted by atomic mass is 79.9. The molecule has 1 atom stereocenters. The third kappa shape index (κ3) is 9.12. The topological polar surface area (TPSA) is 130 Å². The number of nitrogens with zero attached hydrogens (tertiary/aromatic N) is 1. The van der Waals surface area contributed by atoms with Crippen LogP contribution in [0.3, 0.4) is 0 Å². The van der Waals surface area contributed by atoms with Crippen LogP contribution in [-0.2, 0) is 9.59 Å². The monoisotopic (exact) mass is 658 g/mol. The predicted molar refractivity (Wildman–Crippen MR) is 173 cm³/mol. The van der Waals surface area contributed by atoms with Crippen molar-refractivity contribution in [2.75, 3.05) is 10.6 Å². The lowest BCUT2D eigenvalue weighted by atomic mass is 10.1. The second-order valence-corrected chi connectivity index (χ2v) is 11.4. The fourth-order valence-corrected chi connectivity index (χ4v) is 5.36. The summed E-state index contributed by atoms with van der Waals surface area (Å²) in [7, 11) is 0. The van der Waals surface area contributed by atoms with E-state index in [2.05, 4.69) is 31.9 Å². The Kier molecular flexibility index (Phi) is 10.8. The zero-order valence-electron chi connectivity index (χ0n) is 23.0. The van der Waals surface area contributed by atoms with E-state index in [0.29, 0.717) is 28.9 Å². The zero-order valence-corrected chi connectivity index (χ0v) is 25.4. The Morgan fingerprint density at radius 3 is 2.28 bits per heavy atom. The van der Waals surface area contributed by atoms with E-state index in [4.69, 9.17) is 0 Å². The number of hydrogen-bond donors (Lipinski definition) is 3. The van der Waals surface area contributed by atoms with Crippen LogP contribution in [0.5, 0.6) is 0 Å². The van der Waals surface area contributed by atoms with Crippen LogP contribution in [0, 0.1) is 10.1 Å². The van der Waals surface area contributed by atoms with Gasteiger partial charge in [0.25, 0.3) is 17.5 Å². The Bertz CT molecular complexity index is 1660. The highest BCUT2D eigenvalue weighted by molar-refractivity contribution is 9.10. The molecule has 0 radical (unpaired) electrons. The number of nitrogens with one attached hydrogen (secondary N) is 3. The lowest BCUT2D eigenvalue weighted by Gasteiger charge is -2.16. The molecule has 0 aliphatic carbocycles. The highest BCUT2D eigenvalue weighted by Gasteiger charge is 2.20. The first-order chi connectivity index (χ1) is 20.7. The van der Waals surface area contributed by atoms with Crippen molar-refractivity contribution in [3.8, 4) is 0 Å². The minimum Gasteiger partial charge on any atom is -0.325 e. The summed E-state index contributed by atoms with van der Waals surface area (Å²) in [5.41, 5.74) is 2.05. The zero-order chi connectivity index (χ0) is 30.8. The van der Waals surface area contributed by atoms with Crippen molar-refractivity contribution in [1.82, 2.24) is 5.32 Å². The minimum absolute atomic E-state index is 0.0546. The SMILES string of the molecule is CCC(Sc1cccc(NC(=O)/C(=C\c2cccc(Br)c2)NC(=O)c2ccccc2)c1)C(=O)Nc1ccc([N+](=O)[O-])cc1. The normalized spacial score (nSPS) is 11.7. The molecule has 4 aromatic carbocycles. The molecule has 0 saturated carbocycles. The number of carbonyl (C=O) groups excluding carboxylic acids is 3. The van der Waals surface area contributed by atoms with Crippen LogP contribution in [-0.4, -0.2) is 27.9 Å². The van der Waals surface area contributed by atoms with Gasteiger partial charge in [0.15, 0.2) is 0 Å². The molecule has 0 heterocycles. The van der Waals surface area contributed by atoms with Gasteiger partial charge in [-0.25, -0.2) is 0 Å². The van der Waals surface area contributed by atoms with Crippen molar-refractivity contribution in [2.45, 2.75) is 23.5 Å². The molecule has 1 unspecified atom stereocenters. The number of thioether (sulfide) groups is 1. The first-order valence-electron chi connectivity index (χ1n) is 13.2. The Morgan fingerprint density at radius 2 is 1.60 bits per heavy atom. The number of carbonyl (C=O) groups is 3. The fraction of sp³-hybridized carbons (Fsp3) is 0.0938. The molecular weight excluding hydrogens is 632 g/mol. The van der Waals surface area contributed by atoms with Crippen molar-refractivity contribution < 1.29 is 19.3 Å². The maximum Gasteiger partial charge on any atom is 0.272 e. The second kappa shape index (κ2) is 14.9. The number of nitro groups is 1. The summed E-state index contributed by atoms with van der Waals surface area (Å²) in [6, 6.07) is 28.6. The smallest absolute Gasteiger partial charge is 0.272 e. The standard InChI is InChI=1S/C32H27BrN4O5S/c1-2-29(32(40)34-24-14-16-26(17-15-24)37(41)42)43-27-13-7-12-25(20-27)35-31(39)28(19-21-8-6-11-23(33)18-21)36-30(38)22-9-4-3-5-10-22/h3-20,29H,2H2,1H3,(H,34,40)(H,35,39)(H,36,38)/b28-19+. The molecular formula is C32H27BrN4O5S. The van der Waals surface area contributed by atoms with Crippen LogP contribution in [0.2, 0.25) is 0 Å². The van der Waals surface area contributed by atoms with Gasteiger partial charge in [-0.3, -0.25) is 24.5 Å². The summed E-state index contributed by atoms with van der Waals surface area (Å²) in [5.74, 6) is -1.20. The molecule has 3 amide bonds. The quantitative estimate of drug-likeness (QED) is 0.0672. The third-order valence-corrected chi connectivity index (χ3v) is 7.92. The molecule has 4 rings (SSSR count). The molecule has 0 fully saturated rings. The van der Waals surface area contributed by atoms with E-state index in [9.17, 15) is 24.5 Å². The van der Waals surface area contributed by atoms with Gasteiger partial charge in [0, 0.05) is 38.4 Å². The molecule has 0 aliphatic heterocycles. The Balaban J connectivity index is 1.48. The van der Waals surface area contributed by atoms with Gasteiger partial charge >= 0.3 is 0 Å². The number of halogens is 1. The van der Waals surface area contributed by atoms with E-state index in [0.717, 1.165) is 9.37 Å². The van der Waals surface area contributed by atoms with Gasteiger partial charge in [-0.1, -0.05) is 59.3 Å². The second-order valence-electron chi connectivity index (χ2n) is 9.22. The molecule has 0 aliphatic rings. The molecule has 9 nitrogen and oxygen atoms in total. The lowest BCUT2D eigenvalue weighted by molar-refractivity contribution is -0.384. The van der Waals surface area contributed by atoms with Crippen molar-refractivity contribution >= 4 is 68.6 Å². The molecule has 3 N–H and O–H groups in total.